The Labute approximate surface area is 288 Å². The van der Waals surface area contributed by atoms with Crippen molar-refractivity contribution < 1.29 is 0 Å². The van der Waals surface area contributed by atoms with Crippen LogP contribution in [0.1, 0.15) is 160 Å². The van der Waals surface area contributed by atoms with E-state index in [-0.39, 0.29) is 10.2 Å². The van der Waals surface area contributed by atoms with Gasteiger partial charge in [0.15, 0.2) is 0 Å². The first-order chi connectivity index (χ1) is 20.4. The molecule has 258 valence electrons. The summed E-state index contributed by atoms with van der Waals surface area (Å²) in [4.78, 5) is 2.79. The third kappa shape index (κ3) is 18.5. The fourth-order valence-corrected chi connectivity index (χ4v) is 7.01. The lowest BCUT2D eigenvalue weighted by molar-refractivity contribution is 0.0681. The van der Waals surface area contributed by atoms with Crippen molar-refractivity contribution in [1.82, 2.24) is 4.90 Å². The molecule has 0 aromatic heterocycles. The van der Waals surface area contributed by atoms with Crippen molar-refractivity contribution in [2.75, 3.05) is 24.6 Å². The van der Waals surface area contributed by atoms with Crippen molar-refractivity contribution in [2.45, 2.75) is 160 Å². The summed E-state index contributed by atoms with van der Waals surface area (Å²) in [6, 6.07) is 9.83. The number of fused-ring (bicyclic) bond motifs is 1. The zero-order chi connectivity index (χ0) is 34.6. The maximum atomic E-state index is 4.81. The number of nitrogens with zero attached hydrogens (tertiary/aromatic N) is 1. The van der Waals surface area contributed by atoms with Gasteiger partial charge in [-0.05, 0) is 109 Å². The average Bonchev–Trinajstić information content (AvgIpc) is 3.40. The molecule has 0 saturated carbocycles. The Balaban J connectivity index is 0. The molecule has 0 amide bonds. The third-order valence-electron chi connectivity index (χ3n) is 8.86. The van der Waals surface area contributed by atoms with Gasteiger partial charge >= 0.3 is 0 Å². The monoisotopic (exact) mass is 648 g/mol. The van der Waals surface area contributed by atoms with Crippen molar-refractivity contribution in [3.8, 4) is 0 Å². The van der Waals surface area contributed by atoms with Gasteiger partial charge in [-0.1, -0.05) is 134 Å². The highest BCUT2D eigenvalue weighted by Gasteiger charge is 2.36. The van der Waals surface area contributed by atoms with Crippen LogP contribution in [0.3, 0.4) is 0 Å². The van der Waals surface area contributed by atoms with E-state index in [1.807, 2.05) is 34.6 Å². The summed E-state index contributed by atoms with van der Waals surface area (Å²) in [6.45, 7) is 38.8. The van der Waals surface area contributed by atoms with E-state index < -0.39 is 0 Å². The summed E-state index contributed by atoms with van der Waals surface area (Å²) < 4.78 is 0.0808. The van der Waals surface area contributed by atoms with Gasteiger partial charge < -0.3 is 0 Å². The molecule has 1 unspecified atom stereocenters. The summed E-state index contributed by atoms with van der Waals surface area (Å²) >= 11 is 6.93. The second-order valence-corrected chi connectivity index (χ2v) is 17.7. The van der Waals surface area contributed by atoms with E-state index in [9.17, 15) is 0 Å². The number of thioether (sulfide) groups is 1. The molecule has 2 aliphatic rings. The van der Waals surface area contributed by atoms with Crippen LogP contribution >= 0.6 is 24.4 Å². The molecule has 0 spiro atoms. The zero-order valence-electron chi connectivity index (χ0n) is 32.3. The van der Waals surface area contributed by atoms with Gasteiger partial charge in [0, 0.05) is 10.8 Å². The molecule has 1 aromatic rings. The molecule has 1 heterocycles. The maximum absolute atomic E-state index is 4.81. The van der Waals surface area contributed by atoms with Crippen LogP contribution in [0, 0.1) is 22.2 Å². The summed E-state index contributed by atoms with van der Waals surface area (Å²) in [5, 5.41) is 0. The van der Waals surface area contributed by atoms with Crippen LogP contribution in [-0.2, 0) is 6.42 Å². The molecular weight excluding hydrogens is 571 g/mol. The molecule has 0 radical (unpaired) electrons. The molecule has 1 aromatic carbocycles. The summed E-state index contributed by atoms with van der Waals surface area (Å²) in [5.74, 6) is 3.38. The number of benzene rings is 1. The quantitative estimate of drug-likeness (QED) is 0.153. The number of unbranched alkanes of at least 4 members (excludes halogenated alkanes) is 1. The molecule has 1 saturated heterocycles. The molecular formula is C41H77NS2. The van der Waals surface area contributed by atoms with Gasteiger partial charge in [0.05, 0.1) is 0 Å². The van der Waals surface area contributed by atoms with E-state index >= 15 is 0 Å². The van der Waals surface area contributed by atoms with E-state index in [0.29, 0.717) is 16.9 Å². The van der Waals surface area contributed by atoms with Crippen LogP contribution in [0.2, 0.25) is 0 Å². The number of likely N-dealkylation sites (tertiary alicyclic amines) is 1. The Morgan fingerprint density at radius 3 is 1.86 bits per heavy atom. The van der Waals surface area contributed by atoms with Crippen molar-refractivity contribution in [3.63, 3.8) is 0 Å². The second-order valence-electron chi connectivity index (χ2n) is 15.5. The molecule has 1 aliphatic heterocycles. The lowest BCUT2D eigenvalue weighted by atomic mass is 9.70. The van der Waals surface area contributed by atoms with Crippen molar-refractivity contribution in [3.05, 3.63) is 53.8 Å². The van der Waals surface area contributed by atoms with Crippen LogP contribution in [0.4, 0.5) is 0 Å². The summed E-state index contributed by atoms with van der Waals surface area (Å²) in [7, 11) is 0. The molecule has 1 atom stereocenters. The predicted molar refractivity (Wildman–Crippen MR) is 211 cm³/mol. The van der Waals surface area contributed by atoms with Crippen LogP contribution in [0.5, 0.6) is 0 Å². The Morgan fingerprint density at radius 2 is 1.39 bits per heavy atom. The number of piperidine rings is 1. The Hall–Kier alpha value is -0.600. The SMILES string of the molecule is C=C=CC.CC.CC.CC(C)(C)C.CC(C)(CCCCSCC(C)(C)C(C)(C)S)C1CCN(C2CCc3ccccc32)CC1. The molecule has 1 aliphatic carbocycles. The largest absolute Gasteiger partial charge is 0.296 e. The van der Waals surface area contributed by atoms with Crippen LogP contribution in [0.25, 0.3) is 0 Å². The van der Waals surface area contributed by atoms with E-state index in [4.69, 9.17) is 12.6 Å². The smallest absolute Gasteiger partial charge is 0.0354 e. The minimum absolute atomic E-state index is 0.0808. The van der Waals surface area contributed by atoms with Crippen molar-refractivity contribution in [1.29, 1.82) is 0 Å². The molecule has 3 rings (SSSR count). The lowest BCUT2D eigenvalue weighted by Crippen LogP contribution is -2.40. The molecule has 1 fully saturated rings. The van der Waals surface area contributed by atoms with Gasteiger partial charge in [-0.3, -0.25) is 4.90 Å². The minimum atomic E-state index is 0.0808. The molecule has 44 heavy (non-hydrogen) atoms. The minimum Gasteiger partial charge on any atom is -0.296 e. The van der Waals surface area contributed by atoms with Gasteiger partial charge in [0.25, 0.3) is 0 Å². The van der Waals surface area contributed by atoms with E-state index in [2.05, 4.69) is 122 Å². The van der Waals surface area contributed by atoms with Gasteiger partial charge in [-0.2, -0.15) is 24.4 Å². The fourth-order valence-electron chi connectivity index (χ4n) is 5.40. The molecule has 1 nitrogen and oxygen atoms in total. The second kappa shape index (κ2) is 22.8. The van der Waals surface area contributed by atoms with Crippen molar-refractivity contribution in [2.24, 2.45) is 22.2 Å². The van der Waals surface area contributed by atoms with Gasteiger partial charge in [-0.15, -0.1) is 5.73 Å². The topological polar surface area (TPSA) is 3.24 Å². The number of hydrogen-bond donors (Lipinski definition) is 1. The highest BCUT2D eigenvalue weighted by molar-refractivity contribution is 7.99. The number of hydrogen-bond acceptors (Lipinski definition) is 3. The van der Waals surface area contributed by atoms with Crippen molar-refractivity contribution >= 4 is 24.4 Å². The first-order valence-corrected chi connectivity index (χ1v) is 19.5. The number of aryl methyl sites for hydroxylation is 1. The molecule has 0 bridgehead atoms. The van der Waals surface area contributed by atoms with Gasteiger partial charge in [0.1, 0.15) is 0 Å². The lowest BCUT2D eigenvalue weighted by Gasteiger charge is -2.43. The summed E-state index contributed by atoms with van der Waals surface area (Å²) in [6.07, 6.45) is 11.2. The van der Waals surface area contributed by atoms with Crippen LogP contribution in [0.15, 0.2) is 42.7 Å². The highest BCUT2D eigenvalue weighted by atomic mass is 32.2. The third-order valence-corrected chi connectivity index (χ3v) is 11.0. The normalized spacial score (nSPS) is 17.1. The molecule has 0 N–H and O–H groups in total. The van der Waals surface area contributed by atoms with E-state index in [1.165, 1.54) is 69.5 Å². The standard InChI is InChI=1S/C28H47NS2.C5H12.C4H6.2C2H6/c1-26(2,17-9-10-20-31-21-27(3,4)28(5,6)30)23-15-18-29(19-16-23)25-14-13-22-11-7-8-12-24(22)25;1-5(2,3)4;1-3-4-2;2*1-2/h7-8,11-12,23,25,30H,9-10,13-21H2,1-6H3;1-4H3;4H,1H2,2H3;2*1-2H3. The Kier molecular flexibility index (Phi) is 23.6. The van der Waals surface area contributed by atoms with E-state index in [1.54, 1.807) is 17.2 Å². The first-order valence-electron chi connectivity index (χ1n) is 17.9. The van der Waals surface area contributed by atoms with Crippen LogP contribution in [-0.4, -0.2) is 34.2 Å². The average molecular weight is 648 g/mol. The first kappa shape index (κ1) is 45.5. The van der Waals surface area contributed by atoms with Gasteiger partial charge in [0.2, 0.25) is 0 Å². The fraction of sp³-hybridized carbons (Fsp3) is 0.780. The number of rotatable bonds is 10. The van der Waals surface area contributed by atoms with Gasteiger partial charge in [-0.25, -0.2) is 0 Å². The summed E-state index contributed by atoms with van der Waals surface area (Å²) in [5.41, 5.74) is 7.02. The highest BCUT2D eigenvalue weighted by Crippen LogP contribution is 2.43. The number of thiol groups is 1. The van der Waals surface area contributed by atoms with Crippen LogP contribution < -0.4 is 0 Å². The molecule has 3 heteroatoms. The maximum Gasteiger partial charge on any atom is 0.0354 e. The number of allylic oxidation sites excluding steroid dienone is 1. The predicted octanol–water partition coefficient (Wildman–Crippen LogP) is 13.5. The Morgan fingerprint density at radius 1 is 0.886 bits per heavy atom. The zero-order valence-corrected chi connectivity index (χ0v) is 34.0. The Bertz CT molecular complexity index is 882. The van der Waals surface area contributed by atoms with E-state index in [0.717, 1.165) is 5.92 Å².